The van der Waals surface area contributed by atoms with Gasteiger partial charge >= 0.3 is 6.18 Å². The quantitative estimate of drug-likeness (QED) is 0.915. The molecule has 1 atom stereocenters. The van der Waals surface area contributed by atoms with Crippen LogP contribution in [0.25, 0.3) is 0 Å². The number of aromatic nitrogens is 2. The Morgan fingerprint density at radius 3 is 2.41 bits per heavy atom. The molecule has 0 aliphatic carbocycles. The van der Waals surface area contributed by atoms with E-state index in [1.807, 2.05) is 0 Å². The topological polar surface area (TPSA) is 64.2 Å². The Kier molecular flexibility index (Phi) is 5.18. The SMILES string of the molecule is CN1CC[C@@H](n2cc(C(F)(F)F)nc2CC(C)(C)N)C1=O.Cl. The molecule has 2 N–H and O–H groups in total. The van der Waals surface area contributed by atoms with Crippen LogP contribution >= 0.6 is 12.4 Å². The van der Waals surface area contributed by atoms with Crippen LogP contribution in [-0.4, -0.2) is 39.5 Å². The monoisotopic (exact) mass is 340 g/mol. The molecule has 1 aliphatic rings. The van der Waals surface area contributed by atoms with Gasteiger partial charge < -0.3 is 15.2 Å². The number of rotatable bonds is 3. The molecule has 1 aromatic rings. The van der Waals surface area contributed by atoms with Crippen molar-refractivity contribution in [2.45, 2.75) is 44.4 Å². The van der Waals surface area contributed by atoms with E-state index >= 15 is 0 Å². The van der Waals surface area contributed by atoms with Gasteiger partial charge in [0, 0.05) is 31.7 Å². The number of imidazole rings is 1. The second-order valence-electron chi connectivity index (χ2n) is 6.18. The molecule has 1 aliphatic heterocycles. The lowest BCUT2D eigenvalue weighted by Crippen LogP contribution is -2.36. The molecular formula is C13H20ClF3N4O. The summed E-state index contributed by atoms with van der Waals surface area (Å²) in [6.07, 6.45) is -2.98. The summed E-state index contributed by atoms with van der Waals surface area (Å²) in [5.41, 5.74) is 4.19. The average molecular weight is 341 g/mol. The fraction of sp³-hybridized carbons (Fsp3) is 0.692. The molecule has 2 rings (SSSR count). The van der Waals surface area contributed by atoms with Crippen LogP contribution in [-0.2, 0) is 17.4 Å². The molecule has 126 valence electrons. The molecule has 22 heavy (non-hydrogen) atoms. The highest BCUT2D eigenvalue weighted by atomic mass is 35.5. The number of likely N-dealkylation sites (tertiary alicyclic amines) is 1. The minimum Gasteiger partial charge on any atom is -0.344 e. The lowest BCUT2D eigenvalue weighted by atomic mass is 10.0. The molecule has 1 fully saturated rings. The molecule has 0 aromatic carbocycles. The number of amides is 1. The third kappa shape index (κ3) is 3.92. The Morgan fingerprint density at radius 1 is 1.41 bits per heavy atom. The van der Waals surface area contributed by atoms with Crippen LogP contribution in [0.1, 0.15) is 37.8 Å². The second kappa shape index (κ2) is 6.08. The van der Waals surface area contributed by atoms with Crippen molar-refractivity contribution in [2.75, 3.05) is 13.6 Å². The maximum atomic E-state index is 12.9. The van der Waals surface area contributed by atoms with Gasteiger partial charge in [-0.1, -0.05) is 0 Å². The minimum absolute atomic E-state index is 0. The van der Waals surface area contributed by atoms with Crippen LogP contribution in [0.3, 0.4) is 0 Å². The first-order chi connectivity index (χ1) is 9.49. The zero-order chi connectivity index (χ0) is 16.0. The van der Waals surface area contributed by atoms with E-state index in [9.17, 15) is 18.0 Å². The van der Waals surface area contributed by atoms with Crippen LogP contribution in [0.2, 0.25) is 0 Å². The number of alkyl halides is 3. The van der Waals surface area contributed by atoms with Gasteiger partial charge in [0.25, 0.3) is 0 Å². The molecule has 0 spiro atoms. The Balaban J connectivity index is 0.00000242. The van der Waals surface area contributed by atoms with Gasteiger partial charge in [0.1, 0.15) is 11.9 Å². The van der Waals surface area contributed by atoms with Crippen LogP contribution in [0, 0.1) is 0 Å². The van der Waals surface area contributed by atoms with E-state index in [4.69, 9.17) is 5.73 Å². The predicted molar refractivity (Wildman–Crippen MR) is 77.7 cm³/mol. The summed E-state index contributed by atoms with van der Waals surface area (Å²) in [5, 5.41) is 0. The van der Waals surface area contributed by atoms with E-state index in [1.165, 1.54) is 9.47 Å². The lowest BCUT2D eigenvalue weighted by Gasteiger charge is -2.20. The third-order valence-corrected chi connectivity index (χ3v) is 3.45. The predicted octanol–water partition coefficient (Wildman–Crippen LogP) is 2.01. The van der Waals surface area contributed by atoms with Gasteiger partial charge in [-0.3, -0.25) is 4.79 Å². The molecule has 0 unspecified atom stereocenters. The van der Waals surface area contributed by atoms with Gasteiger partial charge in [-0.25, -0.2) is 4.98 Å². The summed E-state index contributed by atoms with van der Waals surface area (Å²) < 4.78 is 40.0. The van der Waals surface area contributed by atoms with Crippen LogP contribution < -0.4 is 5.73 Å². The number of nitrogens with zero attached hydrogens (tertiary/aromatic N) is 3. The van der Waals surface area contributed by atoms with Gasteiger partial charge in [-0.15, -0.1) is 12.4 Å². The van der Waals surface area contributed by atoms with Gasteiger partial charge in [0.2, 0.25) is 5.91 Å². The number of carbonyl (C=O) groups is 1. The standard InChI is InChI=1S/C13H19F3N4O.ClH/c1-12(2,17)6-10-18-9(13(14,15)16)7-20(10)8-4-5-19(3)11(8)21;/h7-8H,4-6,17H2,1-3H3;1H/t8-;/m1./s1. The van der Waals surface area contributed by atoms with Crippen molar-refractivity contribution in [1.29, 1.82) is 0 Å². The van der Waals surface area contributed by atoms with Gasteiger partial charge in [-0.05, 0) is 20.3 Å². The highest BCUT2D eigenvalue weighted by Gasteiger charge is 2.39. The zero-order valence-corrected chi connectivity index (χ0v) is 13.5. The summed E-state index contributed by atoms with van der Waals surface area (Å²) in [6, 6.07) is -0.629. The molecule has 1 aromatic heterocycles. The first-order valence-corrected chi connectivity index (χ1v) is 6.68. The van der Waals surface area contributed by atoms with E-state index in [-0.39, 0.29) is 30.6 Å². The lowest BCUT2D eigenvalue weighted by molar-refractivity contribution is -0.141. The van der Waals surface area contributed by atoms with Gasteiger partial charge in [0.15, 0.2) is 5.69 Å². The van der Waals surface area contributed by atoms with E-state index < -0.39 is 23.5 Å². The molecule has 1 saturated heterocycles. The molecular weight excluding hydrogens is 321 g/mol. The Bertz CT molecular complexity index is 550. The third-order valence-electron chi connectivity index (χ3n) is 3.45. The molecule has 2 heterocycles. The highest BCUT2D eigenvalue weighted by molar-refractivity contribution is 5.85. The van der Waals surface area contributed by atoms with E-state index in [1.54, 1.807) is 20.9 Å². The van der Waals surface area contributed by atoms with Crippen molar-refractivity contribution in [3.05, 3.63) is 17.7 Å². The van der Waals surface area contributed by atoms with Gasteiger partial charge in [-0.2, -0.15) is 13.2 Å². The normalized spacial score (nSPS) is 19.5. The molecule has 0 bridgehead atoms. The van der Waals surface area contributed by atoms with Crippen molar-refractivity contribution >= 4 is 18.3 Å². The average Bonchev–Trinajstić information content (AvgIpc) is 2.82. The molecule has 0 radical (unpaired) electrons. The summed E-state index contributed by atoms with van der Waals surface area (Å²) in [7, 11) is 1.64. The molecule has 0 saturated carbocycles. The summed E-state index contributed by atoms with van der Waals surface area (Å²) in [4.78, 5) is 17.2. The highest BCUT2D eigenvalue weighted by Crippen LogP contribution is 2.32. The largest absolute Gasteiger partial charge is 0.434 e. The number of hydrogen-bond donors (Lipinski definition) is 1. The van der Waals surface area contributed by atoms with Crippen molar-refractivity contribution in [3.8, 4) is 0 Å². The summed E-state index contributed by atoms with van der Waals surface area (Å²) in [6.45, 7) is 3.94. The number of nitrogens with two attached hydrogens (primary N) is 1. The molecule has 1 amide bonds. The Labute approximate surface area is 133 Å². The summed E-state index contributed by atoms with van der Waals surface area (Å²) in [5.74, 6) is 0.000627. The Morgan fingerprint density at radius 2 is 2.00 bits per heavy atom. The van der Waals surface area contributed by atoms with E-state index in [0.29, 0.717) is 13.0 Å². The van der Waals surface area contributed by atoms with E-state index in [2.05, 4.69) is 4.98 Å². The first kappa shape index (κ1) is 18.8. The van der Waals surface area contributed by atoms with Crippen LogP contribution in [0.5, 0.6) is 0 Å². The van der Waals surface area contributed by atoms with Crippen molar-refractivity contribution < 1.29 is 18.0 Å². The number of carbonyl (C=O) groups excluding carboxylic acids is 1. The van der Waals surface area contributed by atoms with Crippen molar-refractivity contribution in [1.82, 2.24) is 14.5 Å². The van der Waals surface area contributed by atoms with Crippen molar-refractivity contribution in [3.63, 3.8) is 0 Å². The minimum atomic E-state index is -4.54. The number of halogens is 4. The van der Waals surface area contributed by atoms with Crippen molar-refractivity contribution in [2.24, 2.45) is 5.73 Å². The second-order valence-corrected chi connectivity index (χ2v) is 6.18. The molecule has 5 nitrogen and oxygen atoms in total. The number of hydrogen-bond acceptors (Lipinski definition) is 3. The summed E-state index contributed by atoms with van der Waals surface area (Å²) >= 11 is 0. The fourth-order valence-electron chi connectivity index (χ4n) is 2.44. The smallest absolute Gasteiger partial charge is 0.344 e. The number of likely N-dealkylation sites (N-methyl/N-ethyl adjacent to an activating group) is 1. The molecule has 9 heteroatoms. The first-order valence-electron chi connectivity index (χ1n) is 6.68. The van der Waals surface area contributed by atoms with Crippen LogP contribution in [0.15, 0.2) is 6.20 Å². The maximum Gasteiger partial charge on any atom is 0.434 e. The fourth-order valence-corrected chi connectivity index (χ4v) is 2.44. The van der Waals surface area contributed by atoms with Crippen LogP contribution in [0.4, 0.5) is 13.2 Å². The Hall–Kier alpha value is -1.28. The van der Waals surface area contributed by atoms with E-state index in [0.717, 1.165) is 6.20 Å². The van der Waals surface area contributed by atoms with Gasteiger partial charge in [0.05, 0.1) is 0 Å². The zero-order valence-electron chi connectivity index (χ0n) is 12.6. The maximum absolute atomic E-state index is 12.9.